The summed E-state index contributed by atoms with van der Waals surface area (Å²) < 4.78 is 29.2. The van der Waals surface area contributed by atoms with Gasteiger partial charge in [-0.05, 0) is 38.6 Å². The molecule has 0 saturated heterocycles. The summed E-state index contributed by atoms with van der Waals surface area (Å²) in [6, 6.07) is 1.68. The first-order chi connectivity index (χ1) is 12.0. The van der Waals surface area contributed by atoms with E-state index in [2.05, 4.69) is 9.97 Å². The van der Waals surface area contributed by atoms with Gasteiger partial charge in [0.1, 0.15) is 15.0 Å². The van der Waals surface area contributed by atoms with Crippen LogP contribution in [0.4, 0.5) is 0 Å². The molecule has 26 heavy (non-hydrogen) atoms. The van der Waals surface area contributed by atoms with Crippen LogP contribution in [0.1, 0.15) is 46.1 Å². The predicted octanol–water partition coefficient (Wildman–Crippen LogP) is 3.49. The van der Waals surface area contributed by atoms with Crippen molar-refractivity contribution in [1.82, 2.24) is 9.97 Å². The van der Waals surface area contributed by atoms with Gasteiger partial charge in [0, 0.05) is 30.6 Å². The Morgan fingerprint density at radius 3 is 2.50 bits per heavy atom. The van der Waals surface area contributed by atoms with Gasteiger partial charge in [0.15, 0.2) is 0 Å². The number of nitrogens with zero attached hydrogens (tertiary/aromatic N) is 2. The lowest BCUT2D eigenvalue weighted by molar-refractivity contribution is 0.0542. The third-order valence-corrected chi connectivity index (χ3v) is 6.54. The van der Waals surface area contributed by atoms with Crippen molar-refractivity contribution < 1.29 is 18.3 Å². The van der Waals surface area contributed by atoms with E-state index >= 15 is 0 Å². The van der Waals surface area contributed by atoms with Crippen LogP contribution in [0.3, 0.4) is 0 Å². The smallest absolute Gasteiger partial charge is 0.223 e. The molecular formula is C18H25ClN2O4S. The third-order valence-electron chi connectivity index (χ3n) is 4.68. The summed E-state index contributed by atoms with van der Waals surface area (Å²) in [5, 5.41) is 11.8. The maximum absolute atomic E-state index is 11.6. The minimum absolute atomic E-state index is 0.307. The molecule has 2 rings (SSSR count). The van der Waals surface area contributed by atoms with Gasteiger partial charge in [-0.1, -0.05) is 18.5 Å². The first-order valence-corrected chi connectivity index (χ1v) is 10.8. The number of hydrogen-bond donors (Lipinski definition) is 1. The minimum atomic E-state index is -3.13. The molecule has 1 N–H and O–H groups in total. The third kappa shape index (κ3) is 4.64. The van der Waals surface area contributed by atoms with Crippen LogP contribution >= 0.6 is 11.6 Å². The normalized spacial score (nSPS) is 16.9. The first-order valence-electron chi connectivity index (χ1n) is 8.48. The molecular weight excluding hydrogens is 376 g/mol. The van der Waals surface area contributed by atoms with Crippen LogP contribution in [0.15, 0.2) is 18.5 Å². The standard InChI is InChI=1S/C18H25ClN2O4S/c1-6-18(4,22)15-10-21-17(14-9-20-16(19)8-13(14)15)25-11(2)7-12(3)26(5,23)24/h8-12,22H,6-7H2,1-5H3/t11-,12-,18-/m1/s1. The number of aliphatic hydroxyl groups is 1. The average molecular weight is 401 g/mol. The Morgan fingerprint density at radius 1 is 1.27 bits per heavy atom. The minimum Gasteiger partial charge on any atom is -0.474 e. The molecule has 2 heterocycles. The van der Waals surface area contributed by atoms with Gasteiger partial charge in [0.2, 0.25) is 5.88 Å². The molecule has 0 fully saturated rings. The Morgan fingerprint density at radius 2 is 1.92 bits per heavy atom. The highest BCUT2D eigenvalue weighted by Crippen LogP contribution is 2.35. The monoisotopic (exact) mass is 400 g/mol. The summed E-state index contributed by atoms with van der Waals surface area (Å²) in [6.45, 7) is 7.06. The molecule has 0 spiro atoms. The Hall–Kier alpha value is -1.44. The van der Waals surface area contributed by atoms with E-state index in [9.17, 15) is 13.5 Å². The molecule has 0 aliphatic rings. The van der Waals surface area contributed by atoms with Crippen molar-refractivity contribution in [2.45, 2.75) is 57.5 Å². The van der Waals surface area contributed by atoms with Crippen LogP contribution in [0.2, 0.25) is 5.15 Å². The molecule has 0 bridgehead atoms. The zero-order valence-corrected chi connectivity index (χ0v) is 17.2. The largest absolute Gasteiger partial charge is 0.474 e. The van der Waals surface area contributed by atoms with Gasteiger partial charge in [-0.15, -0.1) is 0 Å². The van der Waals surface area contributed by atoms with Gasteiger partial charge in [-0.3, -0.25) is 0 Å². The number of hydrogen-bond acceptors (Lipinski definition) is 6. The van der Waals surface area contributed by atoms with E-state index in [0.29, 0.717) is 40.2 Å². The number of pyridine rings is 2. The molecule has 2 aromatic heterocycles. The van der Waals surface area contributed by atoms with E-state index in [4.69, 9.17) is 16.3 Å². The Bertz CT molecular complexity index is 899. The van der Waals surface area contributed by atoms with Gasteiger partial charge >= 0.3 is 0 Å². The molecule has 0 amide bonds. The van der Waals surface area contributed by atoms with E-state index in [1.54, 1.807) is 39.2 Å². The zero-order valence-electron chi connectivity index (χ0n) is 15.7. The van der Waals surface area contributed by atoms with E-state index in [1.807, 2.05) is 6.92 Å². The lowest BCUT2D eigenvalue weighted by Crippen LogP contribution is -2.25. The summed E-state index contributed by atoms with van der Waals surface area (Å²) in [5.41, 5.74) is -0.422. The predicted molar refractivity (Wildman–Crippen MR) is 103 cm³/mol. The second-order valence-corrected chi connectivity index (χ2v) is 9.81. The van der Waals surface area contributed by atoms with Crippen LogP contribution in [0.5, 0.6) is 5.88 Å². The Balaban J connectivity index is 2.42. The molecule has 6 nitrogen and oxygen atoms in total. The van der Waals surface area contributed by atoms with Crippen LogP contribution in [0.25, 0.3) is 10.8 Å². The second kappa shape index (κ2) is 7.66. The fourth-order valence-electron chi connectivity index (χ4n) is 2.68. The van der Waals surface area contributed by atoms with Gasteiger partial charge in [0.25, 0.3) is 0 Å². The van der Waals surface area contributed by atoms with Gasteiger partial charge in [0.05, 0.1) is 22.3 Å². The van der Waals surface area contributed by atoms with Crippen LogP contribution in [-0.4, -0.2) is 41.1 Å². The molecule has 0 aliphatic carbocycles. The van der Waals surface area contributed by atoms with Crippen LogP contribution in [-0.2, 0) is 15.4 Å². The maximum Gasteiger partial charge on any atom is 0.223 e. The highest BCUT2D eigenvalue weighted by atomic mass is 35.5. The second-order valence-electron chi connectivity index (χ2n) is 6.96. The molecule has 2 aromatic rings. The van der Waals surface area contributed by atoms with Crippen molar-refractivity contribution >= 4 is 32.2 Å². The summed E-state index contributed by atoms with van der Waals surface area (Å²) in [6.07, 6.45) is 4.84. The lowest BCUT2D eigenvalue weighted by atomic mass is 9.91. The first kappa shape index (κ1) is 20.9. The fourth-order valence-corrected chi connectivity index (χ4v) is 3.46. The van der Waals surface area contributed by atoms with E-state index < -0.39 is 20.7 Å². The topological polar surface area (TPSA) is 89.4 Å². The number of rotatable bonds is 7. The quantitative estimate of drug-likeness (QED) is 0.715. The number of aromatic nitrogens is 2. The highest BCUT2D eigenvalue weighted by molar-refractivity contribution is 7.91. The SMILES string of the molecule is CC[C@@](C)(O)c1cnc(O[C@H](C)C[C@@H](C)S(C)(=O)=O)c2cnc(Cl)cc12. The number of ether oxygens (including phenoxy) is 1. The number of fused-ring (bicyclic) bond motifs is 1. The van der Waals surface area contributed by atoms with E-state index in [1.165, 1.54) is 6.26 Å². The average Bonchev–Trinajstić information content (AvgIpc) is 2.53. The molecule has 144 valence electrons. The summed E-state index contributed by atoms with van der Waals surface area (Å²) in [7, 11) is -3.13. The van der Waals surface area contributed by atoms with Gasteiger partial charge < -0.3 is 9.84 Å². The number of sulfone groups is 1. The fraction of sp³-hybridized carbons (Fsp3) is 0.556. The molecule has 0 aromatic carbocycles. The van der Waals surface area contributed by atoms with Crippen LogP contribution < -0.4 is 4.74 Å². The molecule has 0 saturated carbocycles. The van der Waals surface area contributed by atoms with Crippen molar-refractivity contribution in [3.05, 3.63) is 29.2 Å². The molecule has 3 atom stereocenters. The maximum atomic E-state index is 11.6. The molecule has 8 heteroatoms. The zero-order chi connectivity index (χ0) is 19.7. The Labute approximate surface area is 159 Å². The number of halogens is 1. The van der Waals surface area contributed by atoms with Gasteiger partial charge in [-0.25, -0.2) is 18.4 Å². The summed E-state index contributed by atoms with van der Waals surface area (Å²) >= 11 is 6.04. The molecule has 0 unspecified atom stereocenters. The summed E-state index contributed by atoms with van der Waals surface area (Å²) in [5.74, 6) is 0.341. The Kier molecular flexibility index (Phi) is 6.15. The highest BCUT2D eigenvalue weighted by Gasteiger charge is 2.26. The molecule has 0 radical (unpaired) electrons. The van der Waals surface area contributed by atoms with E-state index in [0.717, 1.165) is 0 Å². The van der Waals surface area contributed by atoms with Crippen molar-refractivity contribution in [2.75, 3.05) is 6.26 Å². The van der Waals surface area contributed by atoms with Gasteiger partial charge in [-0.2, -0.15) is 0 Å². The van der Waals surface area contributed by atoms with Crippen molar-refractivity contribution in [2.24, 2.45) is 0 Å². The van der Waals surface area contributed by atoms with Crippen LogP contribution in [0, 0.1) is 0 Å². The van der Waals surface area contributed by atoms with Crippen molar-refractivity contribution in [3.63, 3.8) is 0 Å². The van der Waals surface area contributed by atoms with E-state index in [-0.39, 0.29) is 6.10 Å². The van der Waals surface area contributed by atoms with Crippen molar-refractivity contribution in [3.8, 4) is 5.88 Å². The molecule has 0 aliphatic heterocycles. The summed E-state index contributed by atoms with van der Waals surface area (Å²) in [4.78, 5) is 8.44. The van der Waals surface area contributed by atoms with Crippen molar-refractivity contribution in [1.29, 1.82) is 0 Å². The lowest BCUT2D eigenvalue weighted by Gasteiger charge is -2.24.